The lowest BCUT2D eigenvalue weighted by Crippen LogP contribution is -2.46. The van der Waals surface area contributed by atoms with Crippen molar-refractivity contribution in [2.75, 3.05) is 22.8 Å². The number of ether oxygens (including phenoxy) is 3. The monoisotopic (exact) mass is 612 g/mol. The van der Waals surface area contributed by atoms with Gasteiger partial charge in [0, 0.05) is 18.0 Å². The molecule has 0 aliphatic carbocycles. The zero-order valence-corrected chi connectivity index (χ0v) is 23.5. The van der Waals surface area contributed by atoms with Crippen LogP contribution in [0.25, 0.3) is 0 Å². The maximum atomic E-state index is 13.9. The Hall–Kier alpha value is -3.63. The number of alkyl halides is 5. The zero-order valence-electron chi connectivity index (χ0n) is 22.7. The molecule has 1 aromatic heterocycles. The molecule has 2 heterocycles. The third-order valence-electron chi connectivity index (χ3n) is 6.09. The lowest BCUT2D eigenvalue weighted by atomic mass is 9.97. The lowest BCUT2D eigenvalue weighted by molar-refractivity contribution is -0.242. The first-order valence-electron chi connectivity index (χ1n) is 12.3. The number of Topliss-reactive ketones (excluding diaryl/α,β-unsaturated/α-hetero) is 1. The fourth-order valence-electron chi connectivity index (χ4n) is 3.88. The number of nitrogens with zero attached hydrogens (tertiary/aromatic N) is 3. The first-order valence-corrected chi connectivity index (χ1v) is 13.7. The van der Waals surface area contributed by atoms with Gasteiger partial charge in [0.25, 0.3) is 15.9 Å². The average molecular weight is 613 g/mol. The summed E-state index contributed by atoms with van der Waals surface area (Å²) in [6.07, 6.45) is -6.55. The predicted molar refractivity (Wildman–Crippen MR) is 135 cm³/mol. The Morgan fingerprint density at radius 2 is 1.90 bits per heavy atom. The highest BCUT2D eigenvalue weighted by atomic mass is 32.2. The molecular weight excluding hydrogens is 583 g/mol. The van der Waals surface area contributed by atoms with Crippen LogP contribution < -0.4 is 19.1 Å². The van der Waals surface area contributed by atoms with Gasteiger partial charge >= 0.3 is 18.8 Å². The highest BCUT2D eigenvalue weighted by molar-refractivity contribution is 7.93. The number of benzene rings is 1. The molecule has 228 valence electrons. The fraction of sp³-hybridized carbons (Fsp3) is 0.542. The number of aromatic nitrogens is 2. The Morgan fingerprint density at radius 1 is 1.24 bits per heavy atom. The second-order valence-corrected chi connectivity index (χ2v) is 11.6. The molecule has 1 aliphatic heterocycles. The number of anilines is 2. The van der Waals surface area contributed by atoms with Crippen LogP contribution in [0.15, 0.2) is 29.3 Å². The van der Waals surface area contributed by atoms with Crippen LogP contribution in [0, 0.1) is 5.92 Å². The van der Waals surface area contributed by atoms with Crippen LogP contribution in [-0.4, -0.2) is 61.1 Å². The molecule has 0 radical (unpaired) electrons. The minimum absolute atomic E-state index is 0.0195. The zero-order chi connectivity index (χ0) is 30.9. The summed E-state index contributed by atoms with van der Waals surface area (Å²) in [7, 11) is -4.70. The van der Waals surface area contributed by atoms with Crippen LogP contribution in [0.1, 0.15) is 47.6 Å². The molecule has 0 fully saturated rings. The van der Waals surface area contributed by atoms with Gasteiger partial charge in [0.15, 0.2) is 4.90 Å². The maximum absolute atomic E-state index is 13.9. The molecule has 0 saturated heterocycles. The number of nitrogens with one attached hydrogen (secondary N) is 1. The van der Waals surface area contributed by atoms with Crippen molar-refractivity contribution >= 4 is 33.3 Å². The highest BCUT2D eigenvalue weighted by Crippen LogP contribution is 2.42. The predicted octanol–water partition coefficient (Wildman–Crippen LogP) is 5.14. The van der Waals surface area contributed by atoms with Crippen molar-refractivity contribution < 1.29 is 54.2 Å². The largest absolute Gasteiger partial charge is 0.486 e. The van der Waals surface area contributed by atoms with E-state index in [0.717, 1.165) is 10.4 Å². The molecule has 2 aromatic rings. The van der Waals surface area contributed by atoms with Crippen LogP contribution in [0.3, 0.4) is 0 Å². The second kappa shape index (κ2) is 11.7. The molecule has 11 nitrogen and oxygen atoms in total. The molecule has 0 bridgehead atoms. The minimum Gasteiger partial charge on any atom is -0.486 e. The van der Waals surface area contributed by atoms with E-state index in [4.69, 9.17) is 9.47 Å². The third-order valence-corrected chi connectivity index (χ3v) is 7.85. The van der Waals surface area contributed by atoms with Gasteiger partial charge in [-0.3, -0.25) is 9.62 Å². The van der Waals surface area contributed by atoms with E-state index >= 15 is 0 Å². The van der Waals surface area contributed by atoms with E-state index in [9.17, 15) is 40.0 Å². The van der Waals surface area contributed by atoms with E-state index in [-0.39, 0.29) is 47.2 Å². The molecule has 1 aliphatic rings. The summed E-state index contributed by atoms with van der Waals surface area (Å²) in [5.74, 6) is -1.26. The molecule has 2 atom stereocenters. The SMILES string of the molecule is CCOc1nn(C(F)F)cc1S(=O)(=O)N1C[C@H]([C@H](C)CC(C)=O)Oc2ccc(NC(=O)OC(C)(C)C(F)(F)F)cc21. The van der Waals surface area contributed by atoms with E-state index in [1.165, 1.54) is 26.0 Å². The van der Waals surface area contributed by atoms with Crippen molar-refractivity contribution in [1.82, 2.24) is 9.78 Å². The van der Waals surface area contributed by atoms with Gasteiger partial charge < -0.3 is 19.0 Å². The van der Waals surface area contributed by atoms with Crippen LogP contribution in [0.5, 0.6) is 11.6 Å². The number of fused-ring (bicyclic) bond motifs is 1. The average Bonchev–Trinajstić information content (AvgIpc) is 3.27. The first kappa shape index (κ1) is 31.9. The Balaban J connectivity index is 2.06. The summed E-state index contributed by atoms with van der Waals surface area (Å²) in [4.78, 5) is 23.3. The van der Waals surface area contributed by atoms with Gasteiger partial charge in [0.1, 0.15) is 17.6 Å². The molecule has 1 aromatic carbocycles. The van der Waals surface area contributed by atoms with Gasteiger partial charge in [-0.1, -0.05) is 6.92 Å². The maximum Gasteiger partial charge on any atom is 0.427 e. The Labute approximate surface area is 232 Å². The van der Waals surface area contributed by atoms with Crippen molar-refractivity contribution in [2.45, 2.75) is 70.4 Å². The molecule has 41 heavy (non-hydrogen) atoms. The minimum atomic E-state index is -4.87. The molecule has 0 unspecified atom stereocenters. The number of hydrogen-bond donors (Lipinski definition) is 1. The number of hydrogen-bond acceptors (Lipinski definition) is 8. The quantitative estimate of drug-likeness (QED) is 0.366. The summed E-state index contributed by atoms with van der Waals surface area (Å²) in [6.45, 7) is 2.16. The van der Waals surface area contributed by atoms with Gasteiger partial charge in [-0.2, -0.15) is 22.0 Å². The normalized spacial score (nSPS) is 16.6. The van der Waals surface area contributed by atoms with Gasteiger partial charge in [-0.25, -0.2) is 17.9 Å². The van der Waals surface area contributed by atoms with E-state index in [1.54, 1.807) is 6.92 Å². The standard InChI is InChI=1S/C24H29F5N4O7S/c1-6-38-20-19(12-32(31-20)21(25)26)41(36,37)33-11-18(13(2)9-14(3)34)39-17-8-7-15(10-16(17)33)30-22(35)40-23(4,5)24(27,28)29/h7-8,10,12-13,18,21H,6,9,11H2,1-5H3,(H,30,35)/t13-,18-/m1/s1. The second-order valence-electron chi connectivity index (χ2n) is 9.77. The van der Waals surface area contributed by atoms with Crippen LogP contribution in [-0.2, 0) is 19.6 Å². The highest BCUT2D eigenvalue weighted by Gasteiger charge is 2.51. The number of carbonyl (C=O) groups is 2. The molecule has 1 N–H and O–H groups in total. The Kier molecular flexibility index (Phi) is 9.10. The number of ketones is 1. The van der Waals surface area contributed by atoms with Crippen molar-refractivity contribution in [3.8, 4) is 11.6 Å². The molecule has 1 amide bonds. The molecular formula is C24H29F5N4O7S. The molecule has 0 spiro atoms. The summed E-state index contributed by atoms with van der Waals surface area (Å²) < 4.78 is 111. The molecule has 3 rings (SSSR count). The number of halogens is 5. The molecule has 17 heteroatoms. The van der Waals surface area contributed by atoms with Gasteiger partial charge in [-0.05, 0) is 45.9 Å². The van der Waals surface area contributed by atoms with Crippen molar-refractivity contribution in [3.05, 3.63) is 24.4 Å². The molecule has 0 saturated carbocycles. The lowest BCUT2D eigenvalue weighted by Gasteiger charge is -2.37. The van der Waals surface area contributed by atoms with Crippen LogP contribution in [0.2, 0.25) is 0 Å². The van der Waals surface area contributed by atoms with Crippen molar-refractivity contribution in [3.63, 3.8) is 0 Å². The first-order chi connectivity index (χ1) is 18.9. The fourth-order valence-corrected chi connectivity index (χ4v) is 5.43. The topological polar surface area (TPSA) is 129 Å². The van der Waals surface area contributed by atoms with Crippen LogP contribution >= 0.6 is 0 Å². The summed E-state index contributed by atoms with van der Waals surface area (Å²) in [6, 6.07) is 3.61. The van der Waals surface area contributed by atoms with Crippen LogP contribution in [0.4, 0.5) is 38.1 Å². The van der Waals surface area contributed by atoms with Gasteiger partial charge in [0.2, 0.25) is 5.60 Å². The number of amides is 1. The smallest absolute Gasteiger partial charge is 0.427 e. The van der Waals surface area contributed by atoms with Crippen molar-refractivity contribution in [2.24, 2.45) is 5.92 Å². The van der Waals surface area contributed by atoms with E-state index < -0.39 is 57.2 Å². The summed E-state index contributed by atoms with van der Waals surface area (Å²) in [5.41, 5.74) is -3.15. The van der Waals surface area contributed by atoms with Gasteiger partial charge in [0.05, 0.1) is 25.0 Å². The number of sulfonamides is 1. The number of carbonyl (C=O) groups excluding carboxylic acids is 2. The summed E-state index contributed by atoms with van der Waals surface area (Å²) in [5, 5.41) is 5.64. The van der Waals surface area contributed by atoms with Gasteiger partial charge in [-0.15, -0.1) is 5.10 Å². The van der Waals surface area contributed by atoms with E-state index in [1.807, 2.05) is 0 Å². The number of rotatable bonds is 10. The third kappa shape index (κ3) is 7.00. The van der Waals surface area contributed by atoms with E-state index in [0.29, 0.717) is 20.0 Å². The van der Waals surface area contributed by atoms with E-state index in [2.05, 4.69) is 15.2 Å². The summed E-state index contributed by atoms with van der Waals surface area (Å²) >= 11 is 0. The van der Waals surface area contributed by atoms with Crippen molar-refractivity contribution in [1.29, 1.82) is 0 Å². The Morgan fingerprint density at radius 3 is 2.46 bits per heavy atom. The Bertz CT molecular complexity index is 1400.